The van der Waals surface area contributed by atoms with Crippen molar-refractivity contribution < 1.29 is 14.3 Å². The average molecular weight is 265 g/mol. The van der Waals surface area contributed by atoms with Gasteiger partial charge in [-0.3, -0.25) is 4.79 Å². The number of esters is 1. The van der Waals surface area contributed by atoms with Gasteiger partial charge in [0.05, 0.1) is 6.42 Å². The Morgan fingerprint density at radius 3 is 2.42 bits per heavy atom. The molecular formula is C15H23NO3. The Labute approximate surface area is 114 Å². The van der Waals surface area contributed by atoms with Crippen molar-refractivity contribution in [2.24, 2.45) is 11.1 Å². The summed E-state index contributed by atoms with van der Waals surface area (Å²) in [4.78, 5) is 11.6. The number of rotatable bonds is 6. The fraction of sp³-hybridized carbons (Fsp3) is 0.533. The molecule has 0 saturated carbocycles. The highest BCUT2D eigenvalue weighted by Gasteiger charge is 2.23. The van der Waals surface area contributed by atoms with E-state index in [0.29, 0.717) is 6.61 Å². The van der Waals surface area contributed by atoms with Gasteiger partial charge in [0.2, 0.25) is 0 Å². The Kier molecular flexibility index (Phi) is 5.83. The highest BCUT2D eigenvalue weighted by molar-refractivity contribution is 5.70. The van der Waals surface area contributed by atoms with Crippen molar-refractivity contribution in [1.29, 1.82) is 0 Å². The zero-order valence-corrected chi connectivity index (χ0v) is 11.9. The van der Waals surface area contributed by atoms with Crippen LogP contribution in [0.4, 0.5) is 0 Å². The third kappa shape index (κ3) is 6.25. The molecule has 0 aromatic heterocycles. The number of carbonyl (C=O) groups is 1. The molecule has 0 radical (unpaired) electrons. The van der Waals surface area contributed by atoms with Crippen molar-refractivity contribution in [2.45, 2.75) is 33.2 Å². The van der Waals surface area contributed by atoms with Crippen LogP contribution in [0, 0.1) is 5.41 Å². The lowest BCUT2D eigenvalue weighted by atomic mass is 9.85. The second kappa shape index (κ2) is 7.14. The molecule has 0 heterocycles. The minimum atomic E-state index is -0.279. The molecule has 4 nitrogen and oxygen atoms in total. The second-order valence-corrected chi connectivity index (χ2v) is 5.56. The van der Waals surface area contributed by atoms with Gasteiger partial charge in [-0.1, -0.05) is 39.0 Å². The molecule has 1 aromatic rings. The summed E-state index contributed by atoms with van der Waals surface area (Å²) < 4.78 is 10.5. The lowest BCUT2D eigenvalue weighted by molar-refractivity contribution is -0.145. The Bertz CT molecular complexity index is 384. The molecule has 0 saturated heterocycles. The predicted molar refractivity (Wildman–Crippen MR) is 74.9 cm³/mol. The monoisotopic (exact) mass is 265 g/mol. The maximum atomic E-state index is 11.6. The van der Waals surface area contributed by atoms with E-state index in [-0.39, 0.29) is 30.5 Å². The second-order valence-electron chi connectivity index (χ2n) is 5.56. The number of nitrogens with two attached hydrogens (primary N) is 1. The maximum absolute atomic E-state index is 11.6. The van der Waals surface area contributed by atoms with Gasteiger partial charge >= 0.3 is 5.97 Å². The van der Waals surface area contributed by atoms with Crippen LogP contribution >= 0.6 is 0 Å². The molecule has 0 aliphatic carbocycles. The lowest BCUT2D eigenvalue weighted by Gasteiger charge is -2.26. The van der Waals surface area contributed by atoms with Crippen molar-refractivity contribution in [3.05, 3.63) is 30.3 Å². The van der Waals surface area contributed by atoms with Gasteiger partial charge < -0.3 is 15.2 Å². The van der Waals surface area contributed by atoms with Crippen LogP contribution in [0.15, 0.2) is 30.3 Å². The van der Waals surface area contributed by atoms with Crippen LogP contribution in [-0.4, -0.2) is 25.2 Å². The van der Waals surface area contributed by atoms with Gasteiger partial charge in [0.25, 0.3) is 0 Å². The molecule has 0 spiro atoms. The van der Waals surface area contributed by atoms with Crippen molar-refractivity contribution in [3.63, 3.8) is 0 Å². The SMILES string of the molecule is CC(C)(C)C(N)CC(=O)OCCOc1ccccc1. The Balaban J connectivity index is 2.18. The fourth-order valence-corrected chi connectivity index (χ4v) is 1.38. The highest BCUT2D eigenvalue weighted by Crippen LogP contribution is 2.19. The standard InChI is InChI=1S/C15H23NO3/c1-15(2,3)13(16)11-14(17)19-10-9-18-12-7-5-4-6-8-12/h4-8,13H,9-11,16H2,1-3H3. The van der Waals surface area contributed by atoms with E-state index in [1.54, 1.807) is 0 Å². The van der Waals surface area contributed by atoms with Crippen molar-refractivity contribution in [2.75, 3.05) is 13.2 Å². The van der Waals surface area contributed by atoms with Crippen molar-refractivity contribution in [1.82, 2.24) is 0 Å². The van der Waals surface area contributed by atoms with E-state index in [9.17, 15) is 4.79 Å². The summed E-state index contributed by atoms with van der Waals surface area (Å²) in [6.45, 7) is 6.60. The summed E-state index contributed by atoms with van der Waals surface area (Å²) in [5, 5.41) is 0. The van der Waals surface area contributed by atoms with E-state index >= 15 is 0 Å². The summed E-state index contributed by atoms with van der Waals surface area (Å²) in [7, 11) is 0. The molecule has 0 bridgehead atoms. The van der Waals surface area contributed by atoms with Gasteiger partial charge in [-0.2, -0.15) is 0 Å². The largest absolute Gasteiger partial charge is 0.490 e. The Morgan fingerprint density at radius 2 is 1.84 bits per heavy atom. The number of benzene rings is 1. The summed E-state index contributed by atoms with van der Waals surface area (Å²) >= 11 is 0. The van der Waals surface area contributed by atoms with Crippen LogP contribution in [0.2, 0.25) is 0 Å². The Hall–Kier alpha value is -1.55. The number of carbonyl (C=O) groups excluding carboxylic acids is 1. The third-order valence-electron chi connectivity index (χ3n) is 2.86. The minimum Gasteiger partial charge on any atom is -0.490 e. The normalized spacial score (nSPS) is 12.8. The summed E-state index contributed by atoms with van der Waals surface area (Å²) in [6, 6.07) is 9.22. The molecule has 19 heavy (non-hydrogen) atoms. The van der Waals surface area contributed by atoms with E-state index in [0.717, 1.165) is 5.75 Å². The highest BCUT2D eigenvalue weighted by atomic mass is 16.6. The smallest absolute Gasteiger partial charge is 0.307 e. The summed E-state index contributed by atoms with van der Waals surface area (Å²) in [5.74, 6) is 0.490. The fourth-order valence-electron chi connectivity index (χ4n) is 1.38. The van der Waals surface area contributed by atoms with Gasteiger partial charge in [0, 0.05) is 6.04 Å². The number of hydrogen-bond acceptors (Lipinski definition) is 4. The molecular weight excluding hydrogens is 242 g/mol. The molecule has 1 atom stereocenters. The van der Waals surface area contributed by atoms with Crippen molar-refractivity contribution in [3.8, 4) is 5.75 Å². The average Bonchev–Trinajstić information content (AvgIpc) is 2.35. The van der Waals surface area contributed by atoms with Gasteiger partial charge in [0.1, 0.15) is 19.0 Å². The first-order valence-corrected chi connectivity index (χ1v) is 6.48. The first kappa shape index (κ1) is 15.5. The Morgan fingerprint density at radius 1 is 1.21 bits per heavy atom. The van der Waals surface area contributed by atoms with E-state index < -0.39 is 0 Å². The van der Waals surface area contributed by atoms with Crippen LogP contribution in [0.25, 0.3) is 0 Å². The zero-order chi connectivity index (χ0) is 14.3. The van der Waals surface area contributed by atoms with E-state index in [4.69, 9.17) is 15.2 Å². The summed E-state index contributed by atoms with van der Waals surface area (Å²) in [6.07, 6.45) is 0.231. The van der Waals surface area contributed by atoms with Crippen LogP contribution in [0.5, 0.6) is 5.75 Å². The van der Waals surface area contributed by atoms with Gasteiger partial charge in [-0.15, -0.1) is 0 Å². The van der Waals surface area contributed by atoms with Gasteiger partial charge in [-0.05, 0) is 17.5 Å². The topological polar surface area (TPSA) is 61.6 Å². The molecule has 106 valence electrons. The zero-order valence-electron chi connectivity index (χ0n) is 11.9. The minimum absolute atomic E-state index is 0.0977. The van der Waals surface area contributed by atoms with Gasteiger partial charge in [0.15, 0.2) is 0 Å². The molecule has 0 fully saturated rings. The quantitative estimate of drug-likeness (QED) is 0.633. The van der Waals surface area contributed by atoms with E-state index in [1.165, 1.54) is 0 Å². The van der Waals surface area contributed by atoms with Crippen molar-refractivity contribution >= 4 is 5.97 Å². The molecule has 0 aliphatic rings. The van der Waals surface area contributed by atoms with E-state index in [1.807, 2.05) is 51.1 Å². The van der Waals surface area contributed by atoms with Crippen LogP contribution in [0.3, 0.4) is 0 Å². The molecule has 1 rings (SSSR count). The third-order valence-corrected chi connectivity index (χ3v) is 2.86. The molecule has 0 amide bonds. The molecule has 1 unspecified atom stereocenters. The maximum Gasteiger partial charge on any atom is 0.307 e. The van der Waals surface area contributed by atoms with E-state index in [2.05, 4.69) is 0 Å². The van der Waals surface area contributed by atoms with Gasteiger partial charge in [-0.25, -0.2) is 0 Å². The molecule has 4 heteroatoms. The summed E-state index contributed by atoms with van der Waals surface area (Å²) in [5.41, 5.74) is 5.82. The van der Waals surface area contributed by atoms with Crippen LogP contribution < -0.4 is 10.5 Å². The first-order valence-electron chi connectivity index (χ1n) is 6.48. The molecule has 2 N–H and O–H groups in total. The number of hydrogen-bond donors (Lipinski definition) is 1. The number of ether oxygens (including phenoxy) is 2. The first-order chi connectivity index (χ1) is 8.89. The lowest BCUT2D eigenvalue weighted by Crippen LogP contribution is -2.37. The van der Waals surface area contributed by atoms with Crippen LogP contribution in [0.1, 0.15) is 27.2 Å². The number of para-hydroxylation sites is 1. The van der Waals surface area contributed by atoms with Crippen LogP contribution in [-0.2, 0) is 9.53 Å². The predicted octanol–water partition coefficient (Wildman–Crippen LogP) is 2.37. The molecule has 1 aromatic carbocycles. The molecule has 0 aliphatic heterocycles.